The maximum Gasteiger partial charge on any atom is 0.0183 e. The Morgan fingerprint density at radius 2 is 0.882 bits per heavy atom. The van der Waals surface area contributed by atoms with Crippen LogP contribution >= 0.6 is 0 Å². The molecule has 1 heteroatoms. The molecule has 0 aromatic carbocycles. The molecule has 0 atom stereocenters. The highest BCUT2D eigenvalue weighted by Gasteiger charge is 2.41. The summed E-state index contributed by atoms with van der Waals surface area (Å²) in [5, 5.41) is 0. The van der Waals surface area contributed by atoms with Gasteiger partial charge >= 0.3 is 0 Å². The predicted octanol–water partition coefficient (Wildman–Crippen LogP) is 4.75. The van der Waals surface area contributed by atoms with E-state index in [2.05, 4.69) is 25.8 Å². The molecule has 0 amide bonds. The Labute approximate surface area is 108 Å². The molecule has 0 aliphatic heterocycles. The lowest BCUT2D eigenvalue weighted by Gasteiger charge is -2.51. The standard InChI is InChI=1S/C16H31N/c1-15(11-7-4-5-8-12-15)17(3)16(2)13-9-6-10-14-16/h4-14H2,1-3H3. The maximum absolute atomic E-state index is 2.78. The van der Waals surface area contributed by atoms with Crippen LogP contribution in [0.5, 0.6) is 0 Å². The van der Waals surface area contributed by atoms with Crippen molar-refractivity contribution in [2.24, 2.45) is 0 Å². The van der Waals surface area contributed by atoms with Crippen molar-refractivity contribution in [3.8, 4) is 0 Å². The first-order valence-corrected chi connectivity index (χ1v) is 7.81. The van der Waals surface area contributed by atoms with Gasteiger partial charge in [-0.25, -0.2) is 0 Å². The highest BCUT2D eigenvalue weighted by molar-refractivity contribution is 4.97. The van der Waals surface area contributed by atoms with Gasteiger partial charge in [-0.15, -0.1) is 0 Å². The molecule has 0 bridgehead atoms. The minimum atomic E-state index is 0.475. The fourth-order valence-electron chi connectivity index (χ4n) is 4.13. The highest BCUT2D eigenvalue weighted by Crippen LogP contribution is 2.41. The van der Waals surface area contributed by atoms with Crippen LogP contribution < -0.4 is 0 Å². The lowest BCUT2D eigenvalue weighted by molar-refractivity contribution is -0.0102. The van der Waals surface area contributed by atoms with Gasteiger partial charge in [-0.2, -0.15) is 0 Å². The van der Waals surface area contributed by atoms with Crippen molar-refractivity contribution in [2.75, 3.05) is 7.05 Å². The third-order valence-corrected chi connectivity index (χ3v) is 5.73. The molecule has 0 spiro atoms. The third kappa shape index (κ3) is 2.86. The number of hydrogen-bond acceptors (Lipinski definition) is 1. The Morgan fingerprint density at radius 3 is 1.24 bits per heavy atom. The summed E-state index contributed by atoms with van der Waals surface area (Å²) in [4.78, 5) is 2.78. The second-order valence-electron chi connectivity index (χ2n) is 7.03. The van der Waals surface area contributed by atoms with Crippen LogP contribution in [0.4, 0.5) is 0 Å². The van der Waals surface area contributed by atoms with Crippen LogP contribution in [-0.2, 0) is 0 Å². The second kappa shape index (κ2) is 5.30. The van der Waals surface area contributed by atoms with Crippen molar-refractivity contribution < 1.29 is 0 Å². The van der Waals surface area contributed by atoms with Crippen LogP contribution in [0.15, 0.2) is 0 Å². The average molecular weight is 237 g/mol. The predicted molar refractivity (Wildman–Crippen MR) is 75.4 cm³/mol. The summed E-state index contributed by atoms with van der Waals surface area (Å²) < 4.78 is 0. The van der Waals surface area contributed by atoms with Crippen LogP contribution in [0.2, 0.25) is 0 Å². The summed E-state index contributed by atoms with van der Waals surface area (Å²) in [5.74, 6) is 0. The SMILES string of the molecule is CN(C1(C)CCCCCC1)C1(C)CCCCC1. The summed E-state index contributed by atoms with van der Waals surface area (Å²) in [5.41, 5.74) is 0.958. The number of hydrogen-bond donors (Lipinski definition) is 0. The normalized spacial score (nSPS) is 28.9. The van der Waals surface area contributed by atoms with Gasteiger partial charge in [0.1, 0.15) is 0 Å². The third-order valence-electron chi connectivity index (χ3n) is 5.73. The second-order valence-corrected chi connectivity index (χ2v) is 7.03. The first-order valence-electron chi connectivity index (χ1n) is 7.81. The van der Waals surface area contributed by atoms with Gasteiger partial charge in [-0.05, 0) is 46.6 Å². The summed E-state index contributed by atoms with van der Waals surface area (Å²) in [6.07, 6.45) is 15.8. The molecule has 0 unspecified atom stereocenters. The molecule has 0 aromatic heterocycles. The summed E-state index contributed by atoms with van der Waals surface area (Å²) in [7, 11) is 2.41. The van der Waals surface area contributed by atoms with E-state index in [1.807, 2.05) is 0 Å². The van der Waals surface area contributed by atoms with Crippen LogP contribution in [0.25, 0.3) is 0 Å². The van der Waals surface area contributed by atoms with Crippen molar-refractivity contribution in [2.45, 2.75) is 95.6 Å². The van der Waals surface area contributed by atoms with Crippen molar-refractivity contribution in [1.82, 2.24) is 4.90 Å². The molecular weight excluding hydrogens is 206 g/mol. The largest absolute Gasteiger partial charge is 0.296 e. The maximum atomic E-state index is 2.78. The minimum Gasteiger partial charge on any atom is -0.296 e. The minimum absolute atomic E-state index is 0.475. The molecule has 1 nitrogen and oxygen atoms in total. The molecule has 0 aromatic rings. The Hall–Kier alpha value is -0.0400. The molecule has 2 aliphatic carbocycles. The van der Waals surface area contributed by atoms with E-state index < -0.39 is 0 Å². The molecule has 0 saturated heterocycles. The molecule has 0 N–H and O–H groups in total. The number of nitrogens with zero attached hydrogens (tertiary/aromatic N) is 1. The zero-order valence-electron chi connectivity index (χ0n) is 12.2. The first-order chi connectivity index (χ1) is 8.07. The Balaban J connectivity index is 2.07. The topological polar surface area (TPSA) is 3.24 Å². The molecule has 2 saturated carbocycles. The van der Waals surface area contributed by atoms with E-state index in [9.17, 15) is 0 Å². The van der Waals surface area contributed by atoms with E-state index in [-0.39, 0.29) is 0 Å². The van der Waals surface area contributed by atoms with Gasteiger partial charge in [0.05, 0.1) is 0 Å². The summed E-state index contributed by atoms with van der Waals surface area (Å²) >= 11 is 0. The highest BCUT2D eigenvalue weighted by atomic mass is 15.2. The fourth-order valence-corrected chi connectivity index (χ4v) is 4.13. The van der Waals surface area contributed by atoms with E-state index in [1.165, 1.54) is 70.6 Å². The van der Waals surface area contributed by atoms with E-state index in [1.54, 1.807) is 0 Å². The van der Waals surface area contributed by atoms with Gasteiger partial charge < -0.3 is 0 Å². The number of rotatable bonds is 2. The van der Waals surface area contributed by atoms with Gasteiger partial charge in [0.15, 0.2) is 0 Å². The first kappa shape index (κ1) is 13.4. The molecule has 0 radical (unpaired) electrons. The van der Waals surface area contributed by atoms with E-state index in [0.29, 0.717) is 11.1 Å². The van der Waals surface area contributed by atoms with E-state index >= 15 is 0 Å². The van der Waals surface area contributed by atoms with E-state index in [0.717, 1.165) is 0 Å². The smallest absolute Gasteiger partial charge is 0.0183 e. The molecule has 0 heterocycles. The summed E-state index contributed by atoms with van der Waals surface area (Å²) in [6, 6.07) is 0. The lowest BCUT2D eigenvalue weighted by Crippen LogP contribution is -2.56. The van der Waals surface area contributed by atoms with Crippen LogP contribution in [0.3, 0.4) is 0 Å². The molecular formula is C16H31N. The van der Waals surface area contributed by atoms with Gasteiger partial charge in [0.2, 0.25) is 0 Å². The van der Waals surface area contributed by atoms with Gasteiger partial charge in [0.25, 0.3) is 0 Å². The zero-order chi connectivity index (χ0) is 12.4. The Bertz CT molecular complexity index is 232. The monoisotopic (exact) mass is 237 g/mol. The Kier molecular flexibility index (Phi) is 4.18. The van der Waals surface area contributed by atoms with Gasteiger partial charge in [-0.3, -0.25) is 4.90 Å². The molecule has 2 fully saturated rings. The zero-order valence-corrected chi connectivity index (χ0v) is 12.2. The fraction of sp³-hybridized carbons (Fsp3) is 1.00. The van der Waals surface area contributed by atoms with Crippen molar-refractivity contribution >= 4 is 0 Å². The van der Waals surface area contributed by atoms with Crippen molar-refractivity contribution in [3.05, 3.63) is 0 Å². The molecule has 2 aliphatic rings. The van der Waals surface area contributed by atoms with Crippen LogP contribution in [-0.4, -0.2) is 23.0 Å². The summed E-state index contributed by atoms with van der Waals surface area (Å²) in [6.45, 7) is 5.04. The van der Waals surface area contributed by atoms with Crippen molar-refractivity contribution in [1.29, 1.82) is 0 Å². The Morgan fingerprint density at radius 1 is 0.588 bits per heavy atom. The average Bonchev–Trinajstić information content (AvgIpc) is 2.55. The lowest BCUT2D eigenvalue weighted by atomic mass is 9.77. The quantitative estimate of drug-likeness (QED) is 0.626. The van der Waals surface area contributed by atoms with Crippen LogP contribution in [0.1, 0.15) is 84.5 Å². The molecule has 17 heavy (non-hydrogen) atoms. The van der Waals surface area contributed by atoms with Crippen LogP contribution in [0, 0.1) is 0 Å². The van der Waals surface area contributed by atoms with E-state index in [4.69, 9.17) is 0 Å². The van der Waals surface area contributed by atoms with Gasteiger partial charge in [-0.1, -0.05) is 44.9 Å². The molecule has 2 rings (SSSR count). The van der Waals surface area contributed by atoms with Gasteiger partial charge in [0, 0.05) is 11.1 Å². The molecule has 100 valence electrons. The van der Waals surface area contributed by atoms with Crippen molar-refractivity contribution in [3.63, 3.8) is 0 Å².